The van der Waals surface area contributed by atoms with Gasteiger partial charge >= 0.3 is 0 Å². The summed E-state index contributed by atoms with van der Waals surface area (Å²) in [7, 11) is -1.78. The standard InChI is InChI=1S/C30H38BN5O4S/c1-21-7-3-4-8-23(21)30(38)32-27-11-12-28(25-10-6-5-9-24(25)27)41(39,40)33-26-13-14-35(19-22(26)2)29(37)20-34-15-17-36(31)18-16-34/h3-12,22,26,33H,13-20,31H2,1-2H3,(H,32,38)/t22-,26+/m1/s1. The number of likely N-dealkylation sites (tertiary alicyclic amines) is 1. The average molecular weight is 576 g/mol. The van der Waals surface area contributed by atoms with Crippen LogP contribution in [0.25, 0.3) is 10.8 Å². The molecule has 216 valence electrons. The first-order valence-corrected chi connectivity index (χ1v) is 15.7. The predicted molar refractivity (Wildman–Crippen MR) is 164 cm³/mol. The van der Waals surface area contributed by atoms with Crippen molar-refractivity contribution in [2.24, 2.45) is 5.92 Å². The van der Waals surface area contributed by atoms with E-state index in [1.807, 2.05) is 49.1 Å². The molecule has 2 atom stereocenters. The first kappa shape index (κ1) is 29.3. The lowest BCUT2D eigenvalue weighted by Gasteiger charge is -2.39. The van der Waals surface area contributed by atoms with Gasteiger partial charge in [0.2, 0.25) is 15.9 Å². The Morgan fingerprint density at radius 2 is 1.61 bits per heavy atom. The van der Waals surface area contributed by atoms with Crippen LogP contribution in [0.5, 0.6) is 0 Å². The zero-order chi connectivity index (χ0) is 29.1. The maximum Gasteiger partial charge on any atom is 0.255 e. The van der Waals surface area contributed by atoms with Gasteiger partial charge in [0.25, 0.3) is 5.91 Å². The lowest BCUT2D eigenvalue weighted by atomic mass is 9.95. The van der Waals surface area contributed by atoms with Gasteiger partial charge in [-0.2, -0.15) is 0 Å². The number of aryl methyl sites for hydroxylation is 1. The first-order chi connectivity index (χ1) is 19.6. The molecule has 41 heavy (non-hydrogen) atoms. The van der Waals surface area contributed by atoms with Gasteiger partial charge in [0, 0.05) is 54.2 Å². The van der Waals surface area contributed by atoms with E-state index in [0.29, 0.717) is 48.1 Å². The van der Waals surface area contributed by atoms with E-state index in [1.165, 1.54) is 0 Å². The highest BCUT2D eigenvalue weighted by Crippen LogP contribution is 2.31. The van der Waals surface area contributed by atoms with E-state index in [0.717, 1.165) is 31.7 Å². The maximum absolute atomic E-state index is 13.7. The van der Waals surface area contributed by atoms with Crippen molar-refractivity contribution >= 4 is 46.3 Å². The Balaban J connectivity index is 1.28. The molecule has 0 aliphatic carbocycles. The number of piperidine rings is 1. The molecule has 2 N–H and O–H groups in total. The molecule has 9 nitrogen and oxygen atoms in total. The molecule has 2 saturated heterocycles. The van der Waals surface area contributed by atoms with Gasteiger partial charge in [0.05, 0.1) is 11.4 Å². The molecular formula is C30H38BN5O4S. The highest BCUT2D eigenvalue weighted by atomic mass is 32.2. The number of carbonyl (C=O) groups is 2. The Labute approximate surface area is 243 Å². The van der Waals surface area contributed by atoms with E-state index in [9.17, 15) is 18.0 Å². The van der Waals surface area contributed by atoms with Crippen LogP contribution >= 0.6 is 0 Å². The second kappa shape index (κ2) is 12.3. The van der Waals surface area contributed by atoms with Crippen LogP contribution in [0, 0.1) is 12.8 Å². The van der Waals surface area contributed by atoms with E-state index in [1.54, 1.807) is 30.3 Å². The van der Waals surface area contributed by atoms with Gasteiger partial charge in [0.1, 0.15) is 0 Å². The summed E-state index contributed by atoms with van der Waals surface area (Å²) in [6.45, 7) is 9.01. The van der Waals surface area contributed by atoms with Crippen LogP contribution in [0.15, 0.2) is 65.6 Å². The monoisotopic (exact) mass is 575 g/mol. The summed E-state index contributed by atoms with van der Waals surface area (Å²) in [6.07, 6.45) is 0.553. The summed E-state index contributed by atoms with van der Waals surface area (Å²) in [4.78, 5) is 32.5. The summed E-state index contributed by atoms with van der Waals surface area (Å²) in [5.41, 5.74) is 1.98. The summed E-state index contributed by atoms with van der Waals surface area (Å²) < 4.78 is 30.3. The molecule has 3 aromatic carbocycles. The summed E-state index contributed by atoms with van der Waals surface area (Å²) in [5.74, 6) is -0.171. The van der Waals surface area contributed by atoms with Crippen LogP contribution in [0.2, 0.25) is 0 Å². The average Bonchev–Trinajstić information content (AvgIpc) is 2.95. The molecule has 0 saturated carbocycles. The van der Waals surface area contributed by atoms with Gasteiger partial charge < -0.3 is 15.0 Å². The van der Waals surface area contributed by atoms with E-state index < -0.39 is 10.0 Å². The van der Waals surface area contributed by atoms with E-state index >= 15 is 0 Å². The third kappa shape index (κ3) is 6.64. The Hall–Kier alpha value is -3.25. The Bertz CT molecular complexity index is 1540. The van der Waals surface area contributed by atoms with Crippen LogP contribution in [-0.4, -0.2) is 94.7 Å². The van der Waals surface area contributed by atoms with Gasteiger partial charge in [0.15, 0.2) is 7.98 Å². The third-order valence-corrected chi connectivity index (χ3v) is 9.88. The van der Waals surface area contributed by atoms with E-state index in [2.05, 4.69) is 27.7 Å². The van der Waals surface area contributed by atoms with E-state index in [-0.39, 0.29) is 28.7 Å². The molecule has 0 aromatic heterocycles. The molecule has 2 amide bonds. The Morgan fingerprint density at radius 3 is 2.32 bits per heavy atom. The van der Waals surface area contributed by atoms with Crippen molar-refractivity contribution < 1.29 is 18.0 Å². The van der Waals surface area contributed by atoms with Crippen molar-refractivity contribution in [3.63, 3.8) is 0 Å². The van der Waals surface area contributed by atoms with E-state index in [4.69, 9.17) is 0 Å². The fourth-order valence-corrected chi connectivity index (χ4v) is 7.33. The van der Waals surface area contributed by atoms with Gasteiger partial charge in [-0.1, -0.05) is 49.4 Å². The fourth-order valence-electron chi connectivity index (χ4n) is 5.74. The minimum Gasteiger partial charge on any atom is -0.346 e. The van der Waals surface area contributed by atoms with Crippen LogP contribution in [0.1, 0.15) is 29.3 Å². The highest BCUT2D eigenvalue weighted by molar-refractivity contribution is 7.89. The molecule has 2 aliphatic rings. The SMILES string of the molecule is BN1CCN(CC(=O)N2CC[C@H](NS(=O)(=O)c3ccc(NC(=O)c4ccccc4C)c4ccccc34)[C@H](C)C2)CC1. The summed E-state index contributed by atoms with van der Waals surface area (Å²) in [5, 5.41) is 4.14. The van der Waals surface area contributed by atoms with Crippen LogP contribution < -0.4 is 10.0 Å². The molecule has 11 heteroatoms. The molecule has 0 unspecified atom stereocenters. The second-order valence-corrected chi connectivity index (χ2v) is 13.0. The zero-order valence-corrected chi connectivity index (χ0v) is 24.8. The number of sulfonamides is 1. The lowest BCUT2D eigenvalue weighted by Crippen LogP contribution is -2.54. The third-order valence-electron chi connectivity index (χ3n) is 8.33. The number of nitrogens with one attached hydrogen (secondary N) is 2. The van der Waals surface area contributed by atoms with Crippen LogP contribution in [0.3, 0.4) is 0 Å². The molecule has 0 bridgehead atoms. The minimum absolute atomic E-state index is 0.0334. The molecular weight excluding hydrogens is 537 g/mol. The number of hydrogen-bond acceptors (Lipinski definition) is 6. The fraction of sp³-hybridized carbons (Fsp3) is 0.400. The number of amides is 2. The molecule has 5 rings (SSSR count). The minimum atomic E-state index is -3.87. The Kier molecular flexibility index (Phi) is 8.79. The lowest BCUT2D eigenvalue weighted by molar-refractivity contribution is -0.134. The molecule has 2 aliphatic heterocycles. The van der Waals surface area contributed by atoms with Crippen molar-refractivity contribution in [3.8, 4) is 0 Å². The second-order valence-electron chi connectivity index (χ2n) is 11.3. The van der Waals surface area contributed by atoms with Crippen molar-refractivity contribution in [1.82, 2.24) is 19.3 Å². The van der Waals surface area contributed by atoms with Crippen molar-refractivity contribution in [1.29, 1.82) is 0 Å². The number of nitrogens with zero attached hydrogens (tertiary/aromatic N) is 3. The topological polar surface area (TPSA) is 102 Å². The Morgan fingerprint density at radius 1 is 0.927 bits per heavy atom. The van der Waals surface area contributed by atoms with Crippen molar-refractivity contribution in [2.45, 2.75) is 31.2 Å². The van der Waals surface area contributed by atoms with Gasteiger partial charge in [-0.05, 0) is 56.1 Å². The molecule has 2 fully saturated rings. The molecule has 0 spiro atoms. The zero-order valence-electron chi connectivity index (χ0n) is 24.0. The van der Waals surface area contributed by atoms with Crippen molar-refractivity contribution in [3.05, 3.63) is 71.8 Å². The number of fused-ring (bicyclic) bond motifs is 1. The highest BCUT2D eigenvalue weighted by Gasteiger charge is 2.33. The molecule has 0 radical (unpaired) electrons. The number of carbonyl (C=O) groups excluding carboxylic acids is 2. The van der Waals surface area contributed by atoms with Gasteiger partial charge in [-0.15, -0.1) is 0 Å². The molecule has 2 heterocycles. The summed E-state index contributed by atoms with van der Waals surface area (Å²) >= 11 is 0. The number of rotatable bonds is 7. The quantitative estimate of drug-likeness (QED) is 0.419. The smallest absolute Gasteiger partial charge is 0.255 e. The number of anilines is 1. The van der Waals surface area contributed by atoms with Gasteiger partial charge in [-0.3, -0.25) is 14.5 Å². The number of hydrogen-bond donors (Lipinski definition) is 2. The largest absolute Gasteiger partial charge is 0.346 e. The molecule has 3 aromatic rings. The van der Waals surface area contributed by atoms with Crippen molar-refractivity contribution in [2.75, 3.05) is 51.1 Å². The maximum atomic E-state index is 13.7. The number of benzene rings is 3. The van der Waals surface area contributed by atoms with Crippen LogP contribution in [-0.2, 0) is 14.8 Å². The number of piperazine rings is 1. The van der Waals surface area contributed by atoms with Gasteiger partial charge in [-0.25, -0.2) is 13.1 Å². The summed E-state index contributed by atoms with van der Waals surface area (Å²) in [6, 6.07) is 17.5. The van der Waals surface area contributed by atoms with Crippen LogP contribution in [0.4, 0.5) is 5.69 Å². The normalized spacial score (nSPS) is 20.7. The first-order valence-electron chi connectivity index (χ1n) is 14.2. The predicted octanol–water partition coefficient (Wildman–Crippen LogP) is 2.08.